The Hall–Kier alpha value is -2.41. The van der Waals surface area contributed by atoms with Gasteiger partial charge in [-0.1, -0.05) is 0 Å². The van der Waals surface area contributed by atoms with E-state index in [1.54, 1.807) is 29.0 Å². The summed E-state index contributed by atoms with van der Waals surface area (Å²) >= 11 is 0. The lowest BCUT2D eigenvalue weighted by Gasteiger charge is -2.32. The molecule has 1 saturated heterocycles. The number of benzene rings is 1. The maximum atomic E-state index is 12.4. The van der Waals surface area contributed by atoms with Crippen LogP contribution < -0.4 is 10.6 Å². The van der Waals surface area contributed by atoms with Crippen LogP contribution in [0, 0.1) is 0 Å². The first-order chi connectivity index (χ1) is 10.5. The van der Waals surface area contributed by atoms with E-state index in [2.05, 4.69) is 0 Å². The van der Waals surface area contributed by atoms with Gasteiger partial charge in [-0.15, -0.1) is 0 Å². The molecule has 7 heteroatoms. The monoisotopic (exact) mass is 303 g/mol. The molecule has 7 nitrogen and oxygen atoms in total. The molecule has 22 heavy (non-hydrogen) atoms. The van der Waals surface area contributed by atoms with Crippen molar-refractivity contribution in [2.45, 2.75) is 19.1 Å². The molecule has 3 rings (SSSR count). The predicted octanol–water partition coefficient (Wildman–Crippen LogP) is -0.121. The Kier molecular flexibility index (Phi) is 3.58. The highest BCUT2D eigenvalue weighted by Crippen LogP contribution is 2.28. The molecule has 2 aliphatic heterocycles. The van der Waals surface area contributed by atoms with E-state index in [9.17, 15) is 14.4 Å². The summed E-state index contributed by atoms with van der Waals surface area (Å²) in [7, 11) is 1.74. The van der Waals surface area contributed by atoms with Crippen molar-refractivity contribution in [1.29, 1.82) is 0 Å². The van der Waals surface area contributed by atoms with Crippen LogP contribution in [0.25, 0.3) is 0 Å². The third-order valence-corrected chi connectivity index (χ3v) is 3.95. The summed E-state index contributed by atoms with van der Waals surface area (Å²) in [5.74, 6) is -0.856. The smallest absolute Gasteiger partial charge is 0.256 e. The number of hydrogen-bond acceptors (Lipinski definition) is 4. The van der Waals surface area contributed by atoms with Crippen LogP contribution in [0.1, 0.15) is 22.3 Å². The lowest BCUT2D eigenvalue weighted by Crippen LogP contribution is -2.49. The Balaban J connectivity index is 1.85. The second-order valence-corrected chi connectivity index (χ2v) is 5.52. The maximum absolute atomic E-state index is 12.4. The highest BCUT2D eigenvalue weighted by molar-refractivity contribution is 6.01. The molecule has 0 aliphatic carbocycles. The predicted molar refractivity (Wildman–Crippen MR) is 78.1 cm³/mol. The van der Waals surface area contributed by atoms with Crippen molar-refractivity contribution in [2.24, 2.45) is 5.73 Å². The Morgan fingerprint density at radius 1 is 1.41 bits per heavy atom. The molecule has 0 saturated carbocycles. The summed E-state index contributed by atoms with van der Waals surface area (Å²) in [5.41, 5.74) is 7.42. The Morgan fingerprint density at radius 3 is 2.91 bits per heavy atom. The maximum Gasteiger partial charge on any atom is 0.256 e. The Bertz CT molecular complexity index is 658. The van der Waals surface area contributed by atoms with Gasteiger partial charge in [0, 0.05) is 31.4 Å². The van der Waals surface area contributed by atoms with Crippen molar-refractivity contribution >= 4 is 23.4 Å². The number of carbonyl (C=O) groups is 3. The van der Waals surface area contributed by atoms with Gasteiger partial charge in [-0.3, -0.25) is 14.4 Å². The first-order valence-electron chi connectivity index (χ1n) is 7.07. The van der Waals surface area contributed by atoms with Crippen LogP contribution in [0.5, 0.6) is 0 Å². The number of nitrogens with two attached hydrogens (primary N) is 1. The van der Waals surface area contributed by atoms with E-state index >= 15 is 0 Å². The minimum Gasteiger partial charge on any atom is -0.370 e. The second kappa shape index (κ2) is 5.42. The zero-order valence-electron chi connectivity index (χ0n) is 12.2. The minimum absolute atomic E-state index is 0.0125. The Morgan fingerprint density at radius 2 is 2.18 bits per heavy atom. The molecular weight excluding hydrogens is 286 g/mol. The van der Waals surface area contributed by atoms with Crippen molar-refractivity contribution < 1.29 is 19.1 Å². The van der Waals surface area contributed by atoms with E-state index in [0.717, 1.165) is 5.56 Å². The zero-order valence-corrected chi connectivity index (χ0v) is 12.2. The molecule has 0 spiro atoms. The fourth-order valence-electron chi connectivity index (χ4n) is 2.85. The molecule has 3 amide bonds. The lowest BCUT2D eigenvalue weighted by molar-refractivity contribution is -0.138. The number of rotatable bonds is 3. The van der Waals surface area contributed by atoms with Crippen LogP contribution in [-0.4, -0.2) is 48.9 Å². The molecule has 0 radical (unpaired) electrons. The number of carbonyl (C=O) groups excluding carboxylic acids is 3. The molecule has 0 unspecified atom stereocenters. The van der Waals surface area contributed by atoms with Crippen LogP contribution in [0.4, 0.5) is 5.69 Å². The molecule has 1 atom stereocenters. The number of morpholine rings is 1. The minimum atomic E-state index is -0.830. The third kappa shape index (κ3) is 2.43. The Labute approximate surface area is 127 Å². The van der Waals surface area contributed by atoms with Crippen molar-refractivity contribution in [3.8, 4) is 0 Å². The third-order valence-electron chi connectivity index (χ3n) is 3.95. The lowest BCUT2D eigenvalue weighted by atomic mass is 10.1. The first-order valence-corrected chi connectivity index (χ1v) is 7.07. The van der Waals surface area contributed by atoms with Gasteiger partial charge in [0.1, 0.15) is 6.10 Å². The van der Waals surface area contributed by atoms with Crippen molar-refractivity contribution in [1.82, 2.24) is 4.90 Å². The van der Waals surface area contributed by atoms with Gasteiger partial charge >= 0.3 is 0 Å². The summed E-state index contributed by atoms with van der Waals surface area (Å²) in [6.07, 6.45) is -0.953. The number of amides is 3. The summed E-state index contributed by atoms with van der Waals surface area (Å²) in [6.45, 7) is 1.29. The number of ether oxygens (including phenoxy) is 1. The number of nitrogens with zero attached hydrogens (tertiary/aromatic N) is 2. The quantitative estimate of drug-likeness (QED) is 0.842. The summed E-state index contributed by atoms with van der Waals surface area (Å²) < 4.78 is 5.33. The van der Waals surface area contributed by atoms with E-state index in [-0.39, 0.29) is 18.2 Å². The number of hydrogen-bond donors (Lipinski definition) is 1. The summed E-state index contributed by atoms with van der Waals surface area (Å²) in [4.78, 5) is 38.5. The van der Waals surface area contributed by atoms with Gasteiger partial charge in [0.15, 0.2) is 0 Å². The average Bonchev–Trinajstić information content (AvgIpc) is 2.75. The van der Waals surface area contributed by atoms with Crippen LogP contribution in [-0.2, 0) is 20.9 Å². The molecule has 0 aromatic heterocycles. The first kappa shape index (κ1) is 14.5. The highest BCUT2D eigenvalue weighted by atomic mass is 16.5. The van der Waals surface area contributed by atoms with Crippen molar-refractivity contribution in [2.75, 3.05) is 25.1 Å². The summed E-state index contributed by atoms with van der Waals surface area (Å²) in [6, 6.07) is 5.34. The number of anilines is 1. The van der Waals surface area contributed by atoms with Gasteiger partial charge in [-0.25, -0.2) is 0 Å². The van der Waals surface area contributed by atoms with E-state index in [1.807, 2.05) is 6.07 Å². The number of fused-ring (bicyclic) bond motifs is 1. The molecule has 2 heterocycles. The molecule has 116 valence electrons. The van der Waals surface area contributed by atoms with E-state index in [4.69, 9.17) is 10.5 Å². The van der Waals surface area contributed by atoms with Gasteiger partial charge < -0.3 is 20.3 Å². The molecule has 2 N–H and O–H groups in total. The van der Waals surface area contributed by atoms with E-state index in [1.165, 1.54) is 0 Å². The fraction of sp³-hybridized carbons (Fsp3) is 0.400. The second-order valence-electron chi connectivity index (χ2n) is 5.52. The van der Waals surface area contributed by atoms with Crippen LogP contribution >= 0.6 is 0 Å². The normalized spacial score (nSPS) is 21.2. The van der Waals surface area contributed by atoms with Crippen molar-refractivity contribution in [3.63, 3.8) is 0 Å². The van der Waals surface area contributed by atoms with Gasteiger partial charge in [-0.2, -0.15) is 0 Å². The molecule has 1 aromatic carbocycles. The zero-order chi connectivity index (χ0) is 15.9. The van der Waals surface area contributed by atoms with Gasteiger partial charge in [-0.05, 0) is 23.8 Å². The average molecular weight is 303 g/mol. The van der Waals surface area contributed by atoms with E-state index in [0.29, 0.717) is 30.9 Å². The van der Waals surface area contributed by atoms with Crippen LogP contribution in [0.3, 0.4) is 0 Å². The number of primary amides is 1. The molecule has 1 fully saturated rings. The standard InChI is InChI=1S/C15H17N3O4/c1-17-8-9-6-10(2-3-11(9)14(17)20)18-4-5-22-12(15(18)21)7-13(16)19/h2-3,6,12H,4-5,7-8H2,1H3,(H2,16,19)/t12-/m1/s1. The highest BCUT2D eigenvalue weighted by Gasteiger charge is 2.33. The molecule has 0 bridgehead atoms. The molecular formula is C15H17N3O4. The molecule has 2 aliphatic rings. The molecule has 1 aromatic rings. The van der Waals surface area contributed by atoms with Crippen LogP contribution in [0.15, 0.2) is 18.2 Å². The summed E-state index contributed by atoms with van der Waals surface area (Å²) in [5, 5.41) is 0. The largest absolute Gasteiger partial charge is 0.370 e. The topological polar surface area (TPSA) is 92.9 Å². The van der Waals surface area contributed by atoms with Gasteiger partial charge in [0.2, 0.25) is 5.91 Å². The van der Waals surface area contributed by atoms with Crippen molar-refractivity contribution in [3.05, 3.63) is 29.3 Å². The fourth-order valence-corrected chi connectivity index (χ4v) is 2.85. The SMILES string of the molecule is CN1Cc2cc(N3CCO[C@H](CC(N)=O)C3=O)ccc2C1=O. The van der Waals surface area contributed by atoms with Crippen LogP contribution in [0.2, 0.25) is 0 Å². The van der Waals surface area contributed by atoms with Gasteiger partial charge in [0.05, 0.1) is 13.0 Å². The van der Waals surface area contributed by atoms with Gasteiger partial charge in [0.25, 0.3) is 11.8 Å². The van der Waals surface area contributed by atoms with E-state index < -0.39 is 12.0 Å².